The molecule has 4 nitrogen and oxygen atoms in total. The van der Waals surface area contributed by atoms with Gasteiger partial charge in [-0.1, -0.05) is 12.1 Å². The molecule has 0 spiro atoms. The van der Waals surface area contributed by atoms with Crippen LogP contribution >= 0.6 is 11.3 Å². The zero-order chi connectivity index (χ0) is 12.4. The second-order valence-corrected chi connectivity index (χ2v) is 4.26. The van der Waals surface area contributed by atoms with E-state index in [-0.39, 0.29) is 11.5 Å². The smallest absolute Gasteiger partial charge is 0.326 e. The molecule has 0 aliphatic heterocycles. The summed E-state index contributed by atoms with van der Waals surface area (Å²) in [5.74, 6) is -1.50. The molecule has 0 aliphatic rings. The lowest BCUT2D eigenvalue weighted by Crippen LogP contribution is -2.20. The fraction of sp³-hybridized carbons (Fsp3) is 0.0909. The van der Waals surface area contributed by atoms with Crippen LogP contribution in [0.3, 0.4) is 0 Å². The third kappa shape index (κ3) is 2.48. The van der Waals surface area contributed by atoms with E-state index in [1.807, 2.05) is 0 Å². The Labute approximate surface area is 101 Å². The molecule has 17 heavy (non-hydrogen) atoms. The standard InChI is InChI=1S/C11H9FN2O2S/c12-7-3-1-2-6(4-7)10-14-8(5-17-10)9(13)11(15)16/h1-5,9H,13H2,(H,15,16). The van der Waals surface area contributed by atoms with Crippen molar-refractivity contribution in [1.29, 1.82) is 0 Å². The summed E-state index contributed by atoms with van der Waals surface area (Å²) in [6, 6.07) is 4.81. The Kier molecular flexibility index (Phi) is 3.16. The molecule has 2 aromatic rings. The lowest BCUT2D eigenvalue weighted by molar-refractivity contribution is -0.138. The van der Waals surface area contributed by atoms with E-state index in [4.69, 9.17) is 10.8 Å². The van der Waals surface area contributed by atoms with Crippen molar-refractivity contribution in [2.45, 2.75) is 6.04 Å². The summed E-state index contributed by atoms with van der Waals surface area (Å²) in [6.07, 6.45) is 0. The van der Waals surface area contributed by atoms with E-state index in [9.17, 15) is 9.18 Å². The summed E-state index contributed by atoms with van der Waals surface area (Å²) in [5, 5.41) is 10.9. The van der Waals surface area contributed by atoms with E-state index in [2.05, 4.69) is 4.98 Å². The molecule has 1 atom stereocenters. The van der Waals surface area contributed by atoms with Gasteiger partial charge in [-0.2, -0.15) is 0 Å². The van der Waals surface area contributed by atoms with Gasteiger partial charge in [0.05, 0.1) is 5.69 Å². The van der Waals surface area contributed by atoms with Gasteiger partial charge < -0.3 is 10.8 Å². The van der Waals surface area contributed by atoms with Crippen LogP contribution in [0.2, 0.25) is 0 Å². The van der Waals surface area contributed by atoms with Crippen LogP contribution in [0.1, 0.15) is 11.7 Å². The predicted octanol–water partition coefficient (Wildman–Crippen LogP) is 2.03. The van der Waals surface area contributed by atoms with Gasteiger partial charge in [-0.25, -0.2) is 9.37 Å². The highest BCUT2D eigenvalue weighted by Crippen LogP contribution is 2.26. The number of carboxylic acids is 1. The van der Waals surface area contributed by atoms with E-state index in [0.29, 0.717) is 10.6 Å². The van der Waals surface area contributed by atoms with E-state index >= 15 is 0 Å². The monoisotopic (exact) mass is 252 g/mol. The molecule has 6 heteroatoms. The van der Waals surface area contributed by atoms with E-state index in [0.717, 1.165) is 0 Å². The second-order valence-electron chi connectivity index (χ2n) is 3.40. The maximum atomic E-state index is 13.0. The third-order valence-electron chi connectivity index (χ3n) is 2.18. The highest BCUT2D eigenvalue weighted by molar-refractivity contribution is 7.13. The van der Waals surface area contributed by atoms with E-state index in [1.54, 1.807) is 17.5 Å². The molecule has 1 heterocycles. The van der Waals surface area contributed by atoms with Crippen molar-refractivity contribution >= 4 is 17.3 Å². The molecule has 1 aromatic heterocycles. The summed E-state index contributed by atoms with van der Waals surface area (Å²) in [6.45, 7) is 0. The number of aromatic nitrogens is 1. The molecule has 0 amide bonds. The van der Waals surface area contributed by atoms with Crippen molar-refractivity contribution in [3.8, 4) is 10.6 Å². The lowest BCUT2D eigenvalue weighted by Gasteiger charge is -2.00. The van der Waals surface area contributed by atoms with Crippen LogP contribution in [0.4, 0.5) is 4.39 Å². The fourth-order valence-electron chi connectivity index (χ4n) is 1.31. The van der Waals surface area contributed by atoms with E-state index in [1.165, 1.54) is 23.5 Å². The number of benzene rings is 1. The van der Waals surface area contributed by atoms with Crippen LogP contribution in [-0.4, -0.2) is 16.1 Å². The van der Waals surface area contributed by atoms with Gasteiger partial charge >= 0.3 is 5.97 Å². The number of rotatable bonds is 3. The zero-order valence-corrected chi connectivity index (χ0v) is 9.45. The molecule has 0 fully saturated rings. The molecular formula is C11H9FN2O2S. The summed E-state index contributed by atoms with van der Waals surface area (Å²) in [5.41, 5.74) is 6.32. The minimum absolute atomic E-state index is 0.279. The number of halogens is 1. The first-order valence-corrected chi connectivity index (χ1v) is 5.65. The molecule has 3 N–H and O–H groups in total. The van der Waals surface area contributed by atoms with Gasteiger partial charge in [0.2, 0.25) is 0 Å². The number of hydrogen-bond donors (Lipinski definition) is 2. The van der Waals surface area contributed by atoms with Crippen LogP contribution in [0.5, 0.6) is 0 Å². The Morgan fingerprint density at radius 3 is 2.94 bits per heavy atom. The maximum absolute atomic E-state index is 13.0. The first kappa shape index (κ1) is 11.7. The number of aliphatic carboxylic acids is 1. The van der Waals surface area contributed by atoms with Gasteiger partial charge in [0.1, 0.15) is 16.9 Å². The molecule has 2 rings (SSSR count). The Balaban J connectivity index is 2.33. The number of nitrogens with zero attached hydrogens (tertiary/aromatic N) is 1. The summed E-state index contributed by atoms with van der Waals surface area (Å²) in [7, 11) is 0. The zero-order valence-electron chi connectivity index (χ0n) is 8.63. The molecule has 0 radical (unpaired) electrons. The molecule has 1 unspecified atom stereocenters. The third-order valence-corrected chi connectivity index (χ3v) is 3.09. The minimum atomic E-state index is -1.14. The van der Waals surface area contributed by atoms with Crippen LogP contribution in [0.25, 0.3) is 10.6 Å². The van der Waals surface area contributed by atoms with Crippen molar-refractivity contribution in [2.75, 3.05) is 0 Å². The molecule has 0 aliphatic carbocycles. The Morgan fingerprint density at radius 1 is 1.53 bits per heavy atom. The van der Waals surface area contributed by atoms with Gasteiger partial charge in [-0.15, -0.1) is 11.3 Å². The van der Waals surface area contributed by atoms with Gasteiger partial charge in [-0.05, 0) is 12.1 Å². The number of carbonyl (C=O) groups is 1. The Hall–Kier alpha value is -1.79. The van der Waals surface area contributed by atoms with Gasteiger partial charge in [0.25, 0.3) is 0 Å². The first-order valence-electron chi connectivity index (χ1n) is 4.77. The van der Waals surface area contributed by atoms with Gasteiger partial charge in [0, 0.05) is 10.9 Å². The van der Waals surface area contributed by atoms with E-state index < -0.39 is 12.0 Å². The lowest BCUT2D eigenvalue weighted by atomic mass is 10.2. The highest BCUT2D eigenvalue weighted by atomic mass is 32.1. The fourth-order valence-corrected chi connectivity index (χ4v) is 2.16. The molecule has 0 saturated heterocycles. The SMILES string of the molecule is NC(C(=O)O)c1csc(-c2cccc(F)c2)n1. The summed E-state index contributed by atoms with van der Waals surface area (Å²) < 4.78 is 13.0. The predicted molar refractivity (Wildman–Crippen MR) is 62.1 cm³/mol. The maximum Gasteiger partial charge on any atom is 0.326 e. The number of thiazole rings is 1. The summed E-state index contributed by atoms with van der Waals surface area (Å²) >= 11 is 1.24. The quantitative estimate of drug-likeness (QED) is 0.876. The molecule has 0 bridgehead atoms. The minimum Gasteiger partial charge on any atom is -0.480 e. The number of carboxylic acid groups (broad SMARTS) is 1. The number of hydrogen-bond acceptors (Lipinski definition) is 4. The Morgan fingerprint density at radius 2 is 2.29 bits per heavy atom. The van der Waals surface area contributed by atoms with Crippen LogP contribution in [0, 0.1) is 5.82 Å². The number of nitrogens with two attached hydrogens (primary N) is 1. The first-order chi connectivity index (χ1) is 8.08. The molecule has 1 aromatic carbocycles. The molecule has 88 valence electrons. The average molecular weight is 252 g/mol. The highest BCUT2D eigenvalue weighted by Gasteiger charge is 2.18. The van der Waals surface area contributed by atoms with Crippen molar-refractivity contribution in [3.05, 3.63) is 41.2 Å². The molecular weight excluding hydrogens is 243 g/mol. The van der Waals surface area contributed by atoms with Crippen LogP contribution in [0.15, 0.2) is 29.6 Å². The Bertz CT molecular complexity index is 556. The normalized spacial score (nSPS) is 12.4. The topological polar surface area (TPSA) is 76.2 Å². The van der Waals surface area contributed by atoms with Crippen molar-refractivity contribution in [3.63, 3.8) is 0 Å². The molecule has 0 saturated carbocycles. The average Bonchev–Trinajstić information content (AvgIpc) is 2.77. The largest absolute Gasteiger partial charge is 0.480 e. The van der Waals surface area contributed by atoms with Gasteiger partial charge in [0.15, 0.2) is 0 Å². The summed E-state index contributed by atoms with van der Waals surface area (Å²) in [4.78, 5) is 14.8. The van der Waals surface area contributed by atoms with Crippen molar-refractivity contribution in [2.24, 2.45) is 5.73 Å². The van der Waals surface area contributed by atoms with Crippen molar-refractivity contribution in [1.82, 2.24) is 4.98 Å². The van der Waals surface area contributed by atoms with Crippen molar-refractivity contribution < 1.29 is 14.3 Å². The van der Waals surface area contributed by atoms with Crippen LogP contribution < -0.4 is 5.73 Å². The van der Waals surface area contributed by atoms with Crippen LogP contribution in [-0.2, 0) is 4.79 Å². The second kappa shape index (κ2) is 4.60. The van der Waals surface area contributed by atoms with Gasteiger partial charge in [-0.3, -0.25) is 4.79 Å².